The van der Waals surface area contributed by atoms with Crippen LogP contribution in [0.1, 0.15) is 34.9 Å². The molecule has 1 saturated heterocycles. The fourth-order valence-electron chi connectivity index (χ4n) is 4.66. The second-order valence-electron chi connectivity index (χ2n) is 8.52. The minimum Gasteiger partial charge on any atom is -0.403 e. The van der Waals surface area contributed by atoms with Gasteiger partial charge in [0.05, 0.1) is 22.7 Å². The van der Waals surface area contributed by atoms with Crippen LogP contribution < -0.4 is 16.6 Å². The third kappa shape index (κ3) is 4.09. The van der Waals surface area contributed by atoms with E-state index in [-0.39, 0.29) is 28.2 Å². The molecule has 5 N–H and O–H groups in total. The number of nitrogens with one attached hydrogen (secondary N) is 1. The number of H-pyrrole nitrogens is 1. The number of likely N-dealkylation sites (tertiary alicyclic amines) is 1. The number of aromatic nitrogens is 4. The number of carbonyl (C=O) groups excluding carboxylic acids is 2. The van der Waals surface area contributed by atoms with E-state index in [2.05, 4.69) is 15.0 Å². The number of ketones is 1. The first-order valence-electron chi connectivity index (χ1n) is 11.5. The molecule has 0 atom stereocenters. The lowest BCUT2D eigenvalue weighted by atomic mass is 9.95. The number of nitrogens with zero attached hydrogens (tertiary/aromatic N) is 5. The number of halogens is 1. The van der Waals surface area contributed by atoms with Crippen molar-refractivity contribution in [3.8, 4) is 5.69 Å². The molecule has 0 bridgehead atoms. The predicted molar refractivity (Wildman–Crippen MR) is 132 cm³/mol. The van der Waals surface area contributed by atoms with E-state index in [1.165, 1.54) is 23.5 Å². The molecule has 1 aliphatic heterocycles. The molecular formula is C25H25FN8O2. The van der Waals surface area contributed by atoms with Crippen molar-refractivity contribution in [2.75, 3.05) is 18.1 Å². The van der Waals surface area contributed by atoms with Gasteiger partial charge in [0.1, 0.15) is 5.82 Å². The number of fused-ring (bicyclic) bond motifs is 1. The summed E-state index contributed by atoms with van der Waals surface area (Å²) in [5.74, 6) is 4.91. The highest BCUT2D eigenvalue weighted by Gasteiger charge is 2.32. The summed E-state index contributed by atoms with van der Waals surface area (Å²) in [6.45, 7) is 0.790. The first-order valence-corrected chi connectivity index (χ1v) is 11.5. The molecule has 1 fully saturated rings. The maximum atomic E-state index is 14.7. The topological polar surface area (TPSA) is 139 Å². The SMILES string of the molecule is N/C=C\N(N)c1ncc(F)c2c(C(=O)C(=O)N3CCC(c4nccn4-c4ccccc4)CC3)c[nH]c12. The first kappa shape index (κ1) is 23.2. The smallest absolute Gasteiger partial charge is 0.295 e. The van der Waals surface area contributed by atoms with E-state index in [4.69, 9.17) is 11.6 Å². The lowest BCUT2D eigenvalue weighted by Gasteiger charge is -2.31. The number of Topliss-reactive ketones (excluding diaryl/α,β-unsaturated/α-hetero) is 1. The van der Waals surface area contributed by atoms with Crippen LogP contribution in [-0.2, 0) is 4.79 Å². The van der Waals surface area contributed by atoms with Gasteiger partial charge >= 0.3 is 0 Å². The Balaban J connectivity index is 1.33. The second-order valence-corrected chi connectivity index (χ2v) is 8.52. The van der Waals surface area contributed by atoms with Gasteiger partial charge < -0.3 is 20.2 Å². The fraction of sp³-hybridized carbons (Fsp3) is 0.200. The summed E-state index contributed by atoms with van der Waals surface area (Å²) in [5.41, 5.74) is 6.52. The molecule has 4 aromatic rings. The van der Waals surface area contributed by atoms with Crippen molar-refractivity contribution in [1.82, 2.24) is 24.4 Å². The lowest BCUT2D eigenvalue weighted by Crippen LogP contribution is -2.42. The van der Waals surface area contributed by atoms with E-state index in [0.717, 1.165) is 22.7 Å². The molecule has 0 saturated carbocycles. The number of para-hydroxylation sites is 1. The number of anilines is 1. The number of hydrogen-bond acceptors (Lipinski definition) is 7. The van der Waals surface area contributed by atoms with Crippen LogP contribution in [0.15, 0.2) is 67.5 Å². The second kappa shape index (κ2) is 9.62. The zero-order valence-electron chi connectivity index (χ0n) is 19.3. The number of amides is 1. The molecule has 0 spiro atoms. The number of aromatic amines is 1. The van der Waals surface area contributed by atoms with E-state index >= 15 is 0 Å². The number of benzene rings is 1. The van der Waals surface area contributed by atoms with E-state index in [0.29, 0.717) is 25.9 Å². The lowest BCUT2D eigenvalue weighted by molar-refractivity contribution is -0.127. The fourth-order valence-corrected chi connectivity index (χ4v) is 4.66. The highest BCUT2D eigenvalue weighted by molar-refractivity contribution is 6.45. The standard InChI is InChI=1S/C25H25FN8O2/c26-19-15-31-24(34(28)12-8-27)21-20(19)18(14-30-21)22(35)25(36)32-10-6-16(7-11-32)23-29-9-13-33(23)17-4-2-1-3-5-17/h1-5,8-9,12-16,30H,6-7,10-11,27-28H2/b12-8-. The maximum Gasteiger partial charge on any atom is 0.295 e. The van der Waals surface area contributed by atoms with Gasteiger partial charge in [-0.25, -0.2) is 20.2 Å². The Morgan fingerprint density at radius 3 is 2.64 bits per heavy atom. The molecule has 10 nitrogen and oxygen atoms in total. The first-order chi connectivity index (χ1) is 17.5. The summed E-state index contributed by atoms with van der Waals surface area (Å²) in [4.78, 5) is 39.1. The van der Waals surface area contributed by atoms with Crippen LogP contribution in [0.3, 0.4) is 0 Å². The Kier molecular flexibility index (Phi) is 6.21. The number of piperidine rings is 1. The Bertz CT molecular complexity index is 1440. The van der Waals surface area contributed by atoms with Gasteiger partial charge in [-0.3, -0.25) is 14.6 Å². The third-order valence-corrected chi connectivity index (χ3v) is 6.42. The number of imidazole rings is 1. The predicted octanol–water partition coefficient (Wildman–Crippen LogP) is 2.59. The summed E-state index contributed by atoms with van der Waals surface area (Å²) >= 11 is 0. The van der Waals surface area contributed by atoms with Crippen molar-refractivity contribution in [3.05, 3.63) is 84.7 Å². The largest absolute Gasteiger partial charge is 0.403 e. The van der Waals surface area contributed by atoms with Crippen LogP contribution >= 0.6 is 0 Å². The van der Waals surface area contributed by atoms with Gasteiger partial charge in [-0.1, -0.05) is 18.2 Å². The van der Waals surface area contributed by atoms with Crippen LogP contribution in [0.4, 0.5) is 10.2 Å². The summed E-state index contributed by atoms with van der Waals surface area (Å²) in [5, 5.41) is 1.05. The number of pyridine rings is 1. The third-order valence-electron chi connectivity index (χ3n) is 6.42. The Morgan fingerprint density at radius 1 is 1.17 bits per heavy atom. The summed E-state index contributed by atoms with van der Waals surface area (Å²) < 4.78 is 16.7. The van der Waals surface area contributed by atoms with Crippen LogP contribution in [0, 0.1) is 5.82 Å². The van der Waals surface area contributed by atoms with Crippen LogP contribution in [-0.4, -0.2) is 49.2 Å². The van der Waals surface area contributed by atoms with Gasteiger partial charge in [0.15, 0.2) is 11.6 Å². The zero-order valence-corrected chi connectivity index (χ0v) is 19.3. The Hall–Kier alpha value is -4.51. The van der Waals surface area contributed by atoms with Gasteiger partial charge in [0.2, 0.25) is 0 Å². The number of nitrogens with two attached hydrogens (primary N) is 2. The number of hydrogen-bond donors (Lipinski definition) is 3. The molecular weight excluding hydrogens is 463 g/mol. The average molecular weight is 489 g/mol. The highest BCUT2D eigenvalue weighted by atomic mass is 19.1. The molecule has 184 valence electrons. The molecule has 11 heteroatoms. The van der Waals surface area contributed by atoms with Crippen molar-refractivity contribution >= 4 is 28.4 Å². The molecule has 0 radical (unpaired) electrons. The monoisotopic (exact) mass is 488 g/mol. The van der Waals surface area contributed by atoms with E-state index in [1.807, 2.05) is 41.1 Å². The van der Waals surface area contributed by atoms with Crippen molar-refractivity contribution in [1.29, 1.82) is 0 Å². The molecule has 0 unspecified atom stereocenters. The molecule has 1 aliphatic rings. The van der Waals surface area contributed by atoms with E-state index in [9.17, 15) is 14.0 Å². The van der Waals surface area contributed by atoms with Crippen molar-refractivity contribution in [3.63, 3.8) is 0 Å². The van der Waals surface area contributed by atoms with Crippen molar-refractivity contribution < 1.29 is 14.0 Å². The van der Waals surface area contributed by atoms with Gasteiger partial charge in [-0.15, -0.1) is 0 Å². The highest BCUT2D eigenvalue weighted by Crippen LogP contribution is 2.31. The zero-order chi connectivity index (χ0) is 25.2. The molecule has 1 aromatic carbocycles. The minimum atomic E-state index is -0.792. The molecule has 1 amide bonds. The van der Waals surface area contributed by atoms with Crippen LogP contribution in [0.25, 0.3) is 16.6 Å². The number of rotatable bonds is 6. The molecule has 36 heavy (non-hydrogen) atoms. The number of hydrazine groups is 1. The van der Waals surface area contributed by atoms with Gasteiger partial charge in [0.25, 0.3) is 11.7 Å². The Labute approximate surface area is 206 Å². The molecule has 4 heterocycles. The van der Waals surface area contributed by atoms with Crippen LogP contribution in [0.5, 0.6) is 0 Å². The van der Waals surface area contributed by atoms with Gasteiger partial charge in [0, 0.05) is 55.7 Å². The van der Waals surface area contributed by atoms with Crippen molar-refractivity contribution in [2.45, 2.75) is 18.8 Å². The van der Waals surface area contributed by atoms with Crippen molar-refractivity contribution in [2.24, 2.45) is 11.6 Å². The van der Waals surface area contributed by atoms with E-state index in [1.54, 1.807) is 6.20 Å². The minimum absolute atomic E-state index is 0.0426. The average Bonchev–Trinajstić information content (AvgIpc) is 3.57. The summed E-state index contributed by atoms with van der Waals surface area (Å²) in [7, 11) is 0. The van der Waals surface area contributed by atoms with Crippen LogP contribution in [0.2, 0.25) is 0 Å². The Morgan fingerprint density at radius 2 is 1.92 bits per heavy atom. The van der Waals surface area contributed by atoms with Gasteiger partial charge in [-0.05, 0) is 25.0 Å². The molecule has 5 rings (SSSR count). The molecule has 3 aromatic heterocycles. The number of carbonyl (C=O) groups is 2. The maximum absolute atomic E-state index is 14.7. The van der Waals surface area contributed by atoms with E-state index < -0.39 is 17.5 Å². The summed E-state index contributed by atoms with van der Waals surface area (Å²) in [6.07, 6.45) is 9.81. The van der Waals surface area contributed by atoms with Gasteiger partial charge in [-0.2, -0.15) is 0 Å². The normalized spacial score (nSPS) is 14.6. The molecule has 0 aliphatic carbocycles. The quantitative estimate of drug-likeness (QED) is 0.164. The summed E-state index contributed by atoms with van der Waals surface area (Å²) in [6, 6.07) is 9.93.